The van der Waals surface area contributed by atoms with Gasteiger partial charge in [-0.15, -0.1) is 0 Å². The summed E-state index contributed by atoms with van der Waals surface area (Å²) in [6.07, 6.45) is 7.76. The summed E-state index contributed by atoms with van der Waals surface area (Å²) in [4.78, 5) is 10.5. The summed E-state index contributed by atoms with van der Waals surface area (Å²) in [6, 6.07) is 0. The Morgan fingerprint density at radius 1 is 1.31 bits per heavy atom. The summed E-state index contributed by atoms with van der Waals surface area (Å²) in [5.41, 5.74) is -0.976. The molecular weight excluding hydrogens is 168 g/mol. The standard InChI is InChI=1S/C10H16O3/c11-9(12)8-10(13)6-4-2-1-3-5-7-10/h1-2,13H,3-8H2,(H,11,12)/b2-1-. The van der Waals surface area contributed by atoms with Crippen LogP contribution < -0.4 is 0 Å². The van der Waals surface area contributed by atoms with E-state index in [1.165, 1.54) is 0 Å². The van der Waals surface area contributed by atoms with Crippen molar-refractivity contribution in [3.8, 4) is 0 Å². The van der Waals surface area contributed by atoms with Crippen LogP contribution in [0.25, 0.3) is 0 Å². The predicted molar refractivity (Wildman–Crippen MR) is 49.4 cm³/mol. The van der Waals surface area contributed by atoms with Crippen molar-refractivity contribution in [3.05, 3.63) is 12.2 Å². The van der Waals surface area contributed by atoms with Gasteiger partial charge in [-0.1, -0.05) is 12.2 Å². The molecule has 0 radical (unpaired) electrons. The fraction of sp³-hybridized carbons (Fsp3) is 0.700. The second-order valence-corrected chi connectivity index (χ2v) is 3.70. The molecule has 0 bridgehead atoms. The molecule has 1 rings (SSSR count). The van der Waals surface area contributed by atoms with E-state index in [0.29, 0.717) is 12.8 Å². The van der Waals surface area contributed by atoms with Crippen molar-refractivity contribution in [2.75, 3.05) is 0 Å². The largest absolute Gasteiger partial charge is 0.481 e. The second kappa shape index (κ2) is 4.42. The van der Waals surface area contributed by atoms with Gasteiger partial charge in [0, 0.05) is 0 Å². The first kappa shape index (κ1) is 10.3. The van der Waals surface area contributed by atoms with Gasteiger partial charge in [0.15, 0.2) is 0 Å². The Morgan fingerprint density at radius 3 is 2.69 bits per heavy atom. The number of allylic oxidation sites excluding steroid dienone is 2. The quantitative estimate of drug-likeness (QED) is 0.642. The smallest absolute Gasteiger partial charge is 0.306 e. The lowest BCUT2D eigenvalue weighted by Gasteiger charge is -2.26. The summed E-state index contributed by atoms with van der Waals surface area (Å²) in [5, 5.41) is 18.5. The topological polar surface area (TPSA) is 57.5 Å². The van der Waals surface area contributed by atoms with Crippen molar-refractivity contribution in [2.24, 2.45) is 0 Å². The van der Waals surface area contributed by atoms with Gasteiger partial charge in [-0.25, -0.2) is 0 Å². The van der Waals surface area contributed by atoms with E-state index < -0.39 is 11.6 Å². The zero-order valence-electron chi connectivity index (χ0n) is 7.70. The first-order chi connectivity index (χ1) is 6.12. The Hall–Kier alpha value is -0.830. The number of carbonyl (C=O) groups is 1. The van der Waals surface area contributed by atoms with Crippen molar-refractivity contribution < 1.29 is 15.0 Å². The Bertz CT molecular complexity index is 210. The Kier molecular flexibility index (Phi) is 3.48. The first-order valence-electron chi connectivity index (χ1n) is 4.72. The minimum atomic E-state index is -0.976. The molecule has 74 valence electrons. The zero-order valence-corrected chi connectivity index (χ0v) is 7.70. The van der Waals surface area contributed by atoms with E-state index in [2.05, 4.69) is 6.08 Å². The minimum Gasteiger partial charge on any atom is -0.481 e. The number of aliphatic carboxylic acids is 1. The molecule has 0 aromatic carbocycles. The maximum absolute atomic E-state index is 10.5. The van der Waals surface area contributed by atoms with Gasteiger partial charge < -0.3 is 10.2 Å². The second-order valence-electron chi connectivity index (χ2n) is 3.70. The van der Waals surface area contributed by atoms with Crippen molar-refractivity contribution in [2.45, 2.75) is 44.1 Å². The molecule has 0 saturated heterocycles. The molecule has 0 spiro atoms. The van der Waals surface area contributed by atoms with Crippen LogP contribution in [0.5, 0.6) is 0 Å². The highest BCUT2D eigenvalue weighted by atomic mass is 16.4. The molecular formula is C10H16O3. The molecule has 0 aromatic rings. The van der Waals surface area contributed by atoms with E-state index in [9.17, 15) is 9.90 Å². The van der Waals surface area contributed by atoms with Crippen molar-refractivity contribution in [3.63, 3.8) is 0 Å². The van der Waals surface area contributed by atoms with Gasteiger partial charge in [0.2, 0.25) is 0 Å². The molecule has 0 heterocycles. The van der Waals surface area contributed by atoms with E-state index in [4.69, 9.17) is 5.11 Å². The molecule has 0 amide bonds. The van der Waals surface area contributed by atoms with E-state index in [0.717, 1.165) is 19.3 Å². The van der Waals surface area contributed by atoms with Crippen LogP contribution in [0.4, 0.5) is 0 Å². The Labute approximate surface area is 78.1 Å². The minimum absolute atomic E-state index is 0.124. The third-order valence-electron chi connectivity index (χ3n) is 2.44. The number of carboxylic acids is 1. The molecule has 2 N–H and O–H groups in total. The molecule has 0 fully saturated rings. The zero-order chi connectivity index (χ0) is 9.73. The average Bonchev–Trinajstić information content (AvgIpc) is 1.97. The van der Waals surface area contributed by atoms with Gasteiger partial charge in [-0.3, -0.25) is 4.79 Å². The highest BCUT2D eigenvalue weighted by Gasteiger charge is 2.28. The monoisotopic (exact) mass is 184 g/mol. The molecule has 0 aromatic heterocycles. The molecule has 3 nitrogen and oxygen atoms in total. The van der Waals surface area contributed by atoms with Crippen LogP contribution in [-0.4, -0.2) is 21.8 Å². The van der Waals surface area contributed by atoms with Crippen LogP contribution in [-0.2, 0) is 4.79 Å². The van der Waals surface area contributed by atoms with Gasteiger partial charge in [-0.05, 0) is 32.1 Å². The van der Waals surface area contributed by atoms with Crippen LogP contribution in [0.3, 0.4) is 0 Å². The van der Waals surface area contributed by atoms with Crippen LogP contribution in [0, 0.1) is 0 Å². The number of aliphatic hydroxyl groups is 1. The fourth-order valence-corrected chi connectivity index (χ4v) is 1.72. The lowest BCUT2D eigenvalue weighted by atomic mass is 9.87. The van der Waals surface area contributed by atoms with Crippen LogP contribution >= 0.6 is 0 Å². The average molecular weight is 184 g/mol. The number of carboxylic acid groups (broad SMARTS) is 1. The summed E-state index contributed by atoms with van der Waals surface area (Å²) >= 11 is 0. The van der Waals surface area contributed by atoms with E-state index >= 15 is 0 Å². The lowest BCUT2D eigenvalue weighted by molar-refractivity contribution is -0.143. The van der Waals surface area contributed by atoms with E-state index in [-0.39, 0.29) is 6.42 Å². The van der Waals surface area contributed by atoms with Crippen molar-refractivity contribution in [1.29, 1.82) is 0 Å². The summed E-state index contributed by atoms with van der Waals surface area (Å²) < 4.78 is 0. The maximum Gasteiger partial charge on any atom is 0.306 e. The molecule has 1 aliphatic rings. The molecule has 1 aliphatic carbocycles. The Morgan fingerprint density at radius 2 is 2.00 bits per heavy atom. The molecule has 13 heavy (non-hydrogen) atoms. The van der Waals surface area contributed by atoms with Gasteiger partial charge in [0.1, 0.15) is 0 Å². The lowest BCUT2D eigenvalue weighted by Crippen LogP contribution is -2.32. The molecule has 0 saturated carbocycles. The SMILES string of the molecule is O=C(O)CC1(O)CC/C=C\CCC1. The molecule has 1 unspecified atom stereocenters. The van der Waals surface area contributed by atoms with Crippen LogP contribution in [0.1, 0.15) is 38.5 Å². The highest BCUT2D eigenvalue weighted by Crippen LogP contribution is 2.26. The van der Waals surface area contributed by atoms with Gasteiger partial charge in [-0.2, -0.15) is 0 Å². The molecule has 3 heteroatoms. The van der Waals surface area contributed by atoms with Gasteiger partial charge in [0.25, 0.3) is 0 Å². The number of hydrogen-bond donors (Lipinski definition) is 2. The molecule has 0 aliphatic heterocycles. The third-order valence-corrected chi connectivity index (χ3v) is 2.44. The summed E-state index contributed by atoms with van der Waals surface area (Å²) in [6.45, 7) is 0. The van der Waals surface area contributed by atoms with Crippen LogP contribution in [0.2, 0.25) is 0 Å². The number of hydrogen-bond acceptors (Lipinski definition) is 2. The van der Waals surface area contributed by atoms with Crippen LogP contribution in [0.15, 0.2) is 12.2 Å². The normalized spacial score (nSPS) is 31.8. The van der Waals surface area contributed by atoms with Crippen molar-refractivity contribution in [1.82, 2.24) is 0 Å². The first-order valence-corrected chi connectivity index (χ1v) is 4.72. The maximum atomic E-state index is 10.5. The summed E-state index contributed by atoms with van der Waals surface area (Å²) in [7, 11) is 0. The number of rotatable bonds is 2. The fourth-order valence-electron chi connectivity index (χ4n) is 1.72. The predicted octanol–water partition coefficient (Wildman–Crippen LogP) is 1.71. The summed E-state index contributed by atoms with van der Waals surface area (Å²) in [5.74, 6) is -0.910. The van der Waals surface area contributed by atoms with Gasteiger partial charge in [0.05, 0.1) is 12.0 Å². The van der Waals surface area contributed by atoms with Crippen molar-refractivity contribution >= 4 is 5.97 Å². The molecule has 1 atom stereocenters. The van der Waals surface area contributed by atoms with Gasteiger partial charge >= 0.3 is 5.97 Å². The highest BCUT2D eigenvalue weighted by molar-refractivity contribution is 5.68. The Balaban J connectivity index is 2.53. The van der Waals surface area contributed by atoms with E-state index in [1.807, 2.05) is 6.08 Å². The third kappa shape index (κ3) is 3.59. The van der Waals surface area contributed by atoms with E-state index in [1.54, 1.807) is 0 Å².